The fourth-order valence-corrected chi connectivity index (χ4v) is 0.158. The van der Waals surface area contributed by atoms with Crippen LogP contribution in [0.2, 0.25) is 0 Å². The fourth-order valence-electron chi connectivity index (χ4n) is 0.158. The van der Waals surface area contributed by atoms with Crippen LogP contribution in [0.25, 0.3) is 0 Å². The van der Waals surface area contributed by atoms with Crippen molar-refractivity contribution in [1.82, 2.24) is 5.06 Å². The summed E-state index contributed by atoms with van der Waals surface area (Å²) in [4.78, 5) is 9.83. The molecule has 0 spiro atoms. The van der Waals surface area contributed by atoms with E-state index in [0.29, 0.717) is 11.5 Å². The number of amides is 1. The maximum atomic E-state index is 9.83. The van der Waals surface area contributed by atoms with Crippen molar-refractivity contribution in [3.05, 3.63) is 0 Å². The Hall–Kier alpha value is -0.570. The standard InChI is InChI=1S/C5H11NO2/c1-5(2,3)6(8)4-7/h4,8H,1-3H3. The van der Waals surface area contributed by atoms with Crippen LogP contribution >= 0.6 is 0 Å². The van der Waals surface area contributed by atoms with Crippen LogP contribution in [0.15, 0.2) is 0 Å². The SMILES string of the molecule is CC(C)(C)N(O)C=O. The summed E-state index contributed by atoms with van der Waals surface area (Å²) in [5.41, 5.74) is -0.470. The summed E-state index contributed by atoms with van der Waals surface area (Å²) in [6, 6.07) is 0. The average Bonchev–Trinajstić information content (AvgIpc) is 1.62. The third-order valence-electron chi connectivity index (χ3n) is 0.787. The van der Waals surface area contributed by atoms with Crippen LogP contribution in [-0.2, 0) is 4.79 Å². The first-order valence-electron chi connectivity index (χ1n) is 2.42. The lowest BCUT2D eigenvalue weighted by Gasteiger charge is -2.24. The molecule has 0 aliphatic rings. The van der Waals surface area contributed by atoms with Crippen LogP contribution in [0, 0.1) is 0 Å². The molecule has 3 heteroatoms. The third kappa shape index (κ3) is 1.93. The van der Waals surface area contributed by atoms with Gasteiger partial charge in [0.05, 0.1) is 5.54 Å². The number of rotatable bonds is 1. The molecule has 1 N–H and O–H groups in total. The topological polar surface area (TPSA) is 40.5 Å². The molecule has 0 bridgehead atoms. The van der Waals surface area contributed by atoms with Gasteiger partial charge < -0.3 is 0 Å². The van der Waals surface area contributed by atoms with Gasteiger partial charge in [-0.3, -0.25) is 10.0 Å². The third-order valence-corrected chi connectivity index (χ3v) is 0.787. The van der Waals surface area contributed by atoms with Crippen LogP contribution in [0.4, 0.5) is 0 Å². The Morgan fingerprint density at radius 2 is 1.88 bits per heavy atom. The Morgan fingerprint density at radius 3 is 1.88 bits per heavy atom. The van der Waals surface area contributed by atoms with Gasteiger partial charge in [-0.15, -0.1) is 0 Å². The van der Waals surface area contributed by atoms with E-state index >= 15 is 0 Å². The monoisotopic (exact) mass is 117 g/mol. The summed E-state index contributed by atoms with van der Waals surface area (Å²) >= 11 is 0. The van der Waals surface area contributed by atoms with Crippen LogP contribution in [-0.4, -0.2) is 22.2 Å². The summed E-state index contributed by atoms with van der Waals surface area (Å²) in [6.07, 6.45) is 0.389. The lowest BCUT2D eigenvalue weighted by molar-refractivity contribution is -0.171. The van der Waals surface area contributed by atoms with Gasteiger partial charge in [0, 0.05) is 0 Å². The van der Waals surface area contributed by atoms with E-state index in [9.17, 15) is 4.79 Å². The summed E-state index contributed by atoms with van der Waals surface area (Å²) < 4.78 is 0. The smallest absolute Gasteiger partial charge is 0.233 e. The molecule has 0 saturated heterocycles. The highest BCUT2D eigenvalue weighted by atomic mass is 16.5. The van der Waals surface area contributed by atoms with E-state index in [-0.39, 0.29) is 0 Å². The molecule has 0 rings (SSSR count). The molecule has 0 unspecified atom stereocenters. The van der Waals surface area contributed by atoms with E-state index in [2.05, 4.69) is 0 Å². The zero-order valence-corrected chi connectivity index (χ0v) is 5.38. The molecule has 0 heterocycles. The van der Waals surface area contributed by atoms with E-state index < -0.39 is 5.54 Å². The molecule has 0 saturated carbocycles. The van der Waals surface area contributed by atoms with Crippen LogP contribution in [0.3, 0.4) is 0 Å². The number of carbonyl (C=O) groups is 1. The van der Waals surface area contributed by atoms with Crippen molar-refractivity contribution in [2.75, 3.05) is 0 Å². The first-order chi connectivity index (χ1) is 3.48. The van der Waals surface area contributed by atoms with Crippen molar-refractivity contribution in [2.24, 2.45) is 0 Å². The van der Waals surface area contributed by atoms with Gasteiger partial charge in [-0.2, -0.15) is 0 Å². The van der Waals surface area contributed by atoms with Crippen molar-refractivity contribution in [2.45, 2.75) is 26.3 Å². The fraction of sp³-hybridized carbons (Fsp3) is 0.800. The predicted octanol–water partition coefficient (Wildman–Crippen LogP) is 0.632. The molecule has 0 aromatic carbocycles. The van der Waals surface area contributed by atoms with Gasteiger partial charge in [0.1, 0.15) is 0 Å². The molecular formula is C5H11NO2. The highest BCUT2D eigenvalue weighted by Crippen LogP contribution is 2.05. The predicted molar refractivity (Wildman–Crippen MR) is 29.4 cm³/mol. The van der Waals surface area contributed by atoms with Crippen molar-refractivity contribution >= 4 is 6.41 Å². The Balaban J connectivity index is 3.80. The molecule has 0 aliphatic carbocycles. The number of carbonyl (C=O) groups excluding carboxylic acids is 1. The summed E-state index contributed by atoms with van der Waals surface area (Å²) in [5, 5.41) is 9.29. The molecule has 0 radical (unpaired) electrons. The minimum absolute atomic E-state index is 0.389. The Labute approximate surface area is 48.9 Å². The minimum atomic E-state index is -0.470. The van der Waals surface area contributed by atoms with Gasteiger partial charge in [0.15, 0.2) is 0 Å². The second-order valence-electron chi connectivity index (χ2n) is 2.62. The van der Waals surface area contributed by atoms with Crippen LogP contribution in [0.5, 0.6) is 0 Å². The van der Waals surface area contributed by atoms with E-state index in [0.717, 1.165) is 0 Å². The highest BCUT2D eigenvalue weighted by molar-refractivity contribution is 5.46. The molecule has 0 fully saturated rings. The van der Waals surface area contributed by atoms with Crippen molar-refractivity contribution < 1.29 is 10.0 Å². The number of hydroxylamine groups is 2. The van der Waals surface area contributed by atoms with Gasteiger partial charge in [0.25, 0.3) is 0 Å². The summed E-state index contributed by atoms with van der Waals surface area (Å²) in [6.45, 7) is 5.21. The van der Waals surface area contributed by atoms with Crippen molar-refractivity contribution in [1.29, 1.82) is 0 Å². The van der Waals surface area contributed by atoms with Gasteiger partial charge in [0.2, 0.25) is 6.41 Å². The summed E-state index contributed by atoms with van der Waals surface area (Å²) in [5.74, 6) is 0. The van der Waals surface area contributed by atoms with Crippen LogP contribution in [0.1, 0.15) is 20.8 Å². The molecule has 3 nitrogen and oxygen atoms in total. The van der Waals surface area contributed by atoms with Gasteiger partial charge in [-0.1, -0.05) is 0 Å². The zero-order chi connectivity index (χ0) is 6.78. The van der Waals surface area contributed by atoms with E-state index in [4.69, 9.17) is 5.21 Å². The van der Waals surface area contributed by atoms with Gasteiger partial charge in [-0.25, -0.2) is 5.06 Å². The van der Waals surface area contributed by atoms with Crippen LogP contribution < -0.4 is 0 Å². The number of nitrogens with zero attached hydrogens (tertiary/aromatic N) is 1. The molecule has 8 heavy (non-hydrogen) atoms. The Bertz CT molecular complexity index is 84.9. The van der Waals surface area contributed by atoms with Gasteiger partial charge in [-0.05, 0) is 20.8 Å². The molecule has 0 atom stereocenters. The van der Waals surface area contributed by atoms with Crippen molar-refractivity contribution in [3.8, 4) is 0 Å². The molecule has 0 aliphatic heterocycles. The quantitative estimate of drug-likeness (QED) is 0.311. The molecule has 1 amide bonds. The van der Waals surface area contributed by atoms with Crippen molar-refractivity contribution in [3.63, 3.8) is 0 Å². The Kier molecular flexibility index (Phi) is 1.98. The number of hydrogen-bond donors (Lipinski definition) is 1. The zero-order valence-electron chi connectivity index (χ0n) is 5.38. The van der Waals surface area contributed by atoms with E-state index in [1.54, 1.807) is 20.8 Å². The first-order valence-corrected chi connectivity index (χ1v) is 2.42. The minimum Gasteiger partial charge on any atom is -0.286 e. The second-order valence-corrected chi connectivity index (χ2v) is 2.62. The second kappa shape index (κ2) is 2.13. The molecule has 0 aromatic heterocycles. The van der Waals surface area contributed by atoms with E-state index in [1.165, 1.54) is 0 Å². The molecular weight excluding hydrogens is 106 g/mol. The molecule has 48 valence electrons. The first kappa shape index (κ1) is 7.43. The maximum absolute atomic E-state index is 9.83. The lowest BCUT2D eigenvalue weighted by atomic mass is 10.1. The lowest BCUT2D eigenvalue weighted by Crippen LogP contribution is -2.37. The molecule has 0 aromatic rings. The number of hydrogen-bond acceptors (Lipinski definition) is 2. The Morgan fingerprint density at radius 1 is 1.50 bits per heavy atom. The van der Waals surface area contributed by atoms with Gasteiger partial charge >= 0.3 is 0 Å². The highest BCUT2D eigenvalue weighted by Gasteiger charge is 2.16. The largest absolute Gasteiger partial charge is 0.286 e. The maximum Gasteiger partial charge on any atom is 0.233 e. The normalized spacial score (nSPS) is 11.0. The van der Waals surface area contributed by atoms with E-state index in [1.807, 2.05) is 0 Å². The average molecular weight is 117 g/mol. The summed E-state index contributed by atoms with van der Waals surface area (Å²) in [7, 11) is 0.